The number of carbonyl (C=O) groups is 2. The number of urea groups is 1. The molecular weight excluding hydrogens is 356 g/mol. The van der Waals surface area contributed by atoms with E-state index < -0.39 is 0 Å². The Labute approximate surface area is 167 Å². The number of nitrogens with zero attached hydrogens (tertiary/aromatic N) is 4. The van der Waals surface area contributed by atoms with Gasteiger partial charge >= 0.3 is 6.03 Å². The number of carbonyl (C=O) groups excluding carboxylic acids is 2. The Morgan fingerprint density at radius 2 is 1.86 bits per heavy atom. The molecule has 0 unspecified atom stereocenters. The first-order chi connectivity index (χ1) is 13.4. The first-order valence-electron chi connectivity index (χ1n) is 9.95. The molecule has 0 saturated carbocycles. The highest BCUT2D eigenvalue weighted by Crippen LogP contribution is 2.35. The van der Waals surface area contributed by atoms with Crippen molar-refractivity contribution in [3.63, 3.8) is 0 Å². The molecule has 0 aromatic heterocycles. The van der Waals surface area contributed by atoms with Crippen LogP contribution in [0.15, 0.2) is 24.3 Å². The summed E-state index contributed by atoms with van der Waals surface area (Å²) < 4.78 is 5.25. The quantitative estimate of drug-likeness (QED) is 0.788. The molecule has 1 atom stereocenters. The van der Waals surface area contributed by atoms with Gasteiger partial charge in [-0.15, -0.1) is 0 Å². The van der Waals surface area contributed by atoms with Crippen molar-refractivity contribution in [3.05, 3.63) is 29.8 Å². The summed E-state index contributed by atoms with van der Waals surface area (Å²) >= 11 is 0. The van der Waals surface area contributed by atoms with Crippen LogP contribution in [0.1, 0.15) is 18.9 Å². The molecule has 7 heteroatoms. The molecule has 1 aromatic rings. The summed E-state index contributed by atoms with van der Waals surface area (Å²) in [7, 11) is 5.24. The number of hydrogen-bond acceptors (Lipinski definition) is 4. The van der Waals surface area contributed by atoms with Gasteiger partial charge in [0.05, 0.1) is 7.11 Å². The lowest BCUT2D eigenvalue weighted by molar-refractivity contribution is -0.127. The van der Waals surface area contributed by atoms with E-state index in [1.165, 1.54) is 5.56 Å². The molecule has 1 aromatic carbocycles. The van der Waals surface area contributed by atoms with Gasteiger partial charge in [0, 0.05) is 71.7 Å². The van der Waals surface area contributed by atoms with E-state index in [1.807, 2.05) is 28.9 Å². The molecule has 3 amide bonds. The minimum absolute atomic E-state index is 0.0214. The number of hydrogen-bond donors (Lipinski definition) is 0. The summed E-state index contributed by atoms with van der Waals surface area (Å²) in [6, 6.07) is 8.13. The average molecular weight is 389 g/mol. The topological polar surface area (TPSA) is 56.3 Å². The third-order valence-corrected chi connectivity index (χ3v) is 5.78. The summed E-state index contributed by atoms with van der Waals surface area (Å²) in [5.41, 5.74) is 1.00. The van der Waals surface area contributed by atoms with Gasteiger partial charge < -0.3 is 19.4 Å². The lowest BCUT2D eigenvalue weighted by Crippen LogP contribution is -2.47. The predicted molar refractivity (Wildman–Crippen MR) is 108 cm³/mol. The van der Waals surface area contributed by atoms with Gasteiger partial charge in [-0.05, 0) is 24.6 Å². The molecule has 2 aliphatic rings. The molecule has 0 radical (unpaired) electrons. The van der Waals surface area contributed by atoms with Crippen LogP contribution in [0, 0.1) is 5.41 Å². The molecule has 28 heavy (non-hydrogen) atoms. The van der Waals surface area contributed by atoms with Gasteiger partial charge in [0.1, 0.15) is 5.75 Å². The fraction of sp³-hybridized carbons (Fsp3) is 0.619. The third kappa shape index (κ3) is 4.41. The maximum atomic E-state index is 12.7. The zero-order valence-electron chi connectivity index (χ0n) is 17.5. The number of likely N-dealkylation sites (tertiary alicyclic amines) is 1. The molecule has 154 valence electrons. The van der Waals surface area contributed by atoms with Crippen molar-refractivity contribution in [1.29, 1.82) is 0 Å². The average Bonchev–Trinajstić information content (AvgIpc) is 2.88. The van der Waals surface area contributed by atoms with Gasteiger partial charge in [0.25, 0.3) is 0 Å². The minimum atomic E-state index is -0.207. The number of methoxy groups -OCH3 is 1. The fourth-order valence-corrected chi connectivity index (χ4v) is 4.40. The molecule has 0 bridgehead atoms. The highest BCUT2D eigenvalue weighted by molar-refractivity contribution is 5.80. The SMILES string of the molecule is CCN1C[C@@]2(CC1=O)CN(Cc1ccc(OC)cc1)CCN(C(=O)N(C)C)C2. The van der Waals surface area contributed by atoms with E-state index in [4.69, 9.17) is 4.74 Å². The standard InChI is InChI=1S/C21H32N4O3/c1-5-24-15-21(12-19(24)26)14-23(10-11-25(16-21)20(27)22(2)3)13-17-6-8-18(28-4)9-7-17/h6-9H,5,10-16H2,1-4H3/t21-/m1/s1. The number of benzene rings is 1. The molecular formula is C21H32N4O3. The van der Waals surface area contributed by atoms with Crippen molar-refractivity contribution in [1.82, 2.24) is 19.6 Å². The number of rotatable bonds is 4. The second-order valence-corrected chi connectivity index (χ2v) is 8.24. The molecule has 1 spiro atoms. The van der Waals surface area contributed by atoms with Crippen LogP contribution in [0.25, 0.3) is 0 Å². The maximum absolute atomic E-state index is 12.7. The van der Waals surface area contributed by atoms with Crippen molar-refractivity contribution < 1.29 is 14.3 Å². The Morgan fingerprint density at radius 3 is 2.43 bits per heavy atom. The second-order valence-electron chi connectivity index (χ2n) is 8.24. The molecule has 0 aliphatic carbocycles. The van der Waals surface area contributed by atoms with E-state index in [0.717, 1.165) is 38.5 Å². The van der Waals surface area contributed by atoms with Crippen LogP contribution in [0.5, 0.6) is 5.75 Å². The largest absolute Gasteiger partial charge is 0.497 e. The lowest BCUT2D eigenvalue weighted by atomic mass is 9.86. The summed E-state index contributed by atoms with van der Waals surface area (Å²) in [5.74, 6) is 1.05. The van der Waals surface area contributed by atoms with Gasteiger partial charge in [-0.2, -0.15) is 0 Å². The van der Waals surface area contributed by atoms with Gasteiger partial charge in [-0.1, -0.05) is 12.1 Å². The number of ether oxygens (including phenoxy) is 1. The minimum Gasteiger partial charge on any atom is -0.497 e. The van der Waals surface area contributed by atoms with Crippen molar-refractivity contribution in [2.45, 2.75) is 19.9 Å². The van der Waals surface area contributed by atoms with Crippen LogP contribution >= 0.6 is 0 Å². The highest BCUT2D eigenvalue weighted by atomic mass is 16.5. The predicted octanol–water partition coefficient (Wildman–Crippen LogP) is 1.73. The lowest BCUT2D eigenvalue weighted by Gasteiger charge is -2.34. The van der Waals surface area contributed by atoms with Crippen molar-refractivity contribution in [3.8, 4) is 5.75 Å². The molecule has 2 fully saturated rings. The van der Waals surface area contributed by atoms with Crippen LogP contribution in [-0.4, -0.2) is 92.0 Å². The monoisotopic (exact) mass is 388 g/mol. The Balaban J connectivity index is 1.80. The van der Waals surface area contributed by atoms with Crippen LogP contribution < -0.4 is 4.74 Å². The van der Waals surface area contributed by atoms with Crippen LogP contribution in [-0.2, 0) is 11.3 Å². The smallest absolute Gasteiger partial charge is 0.319 e. The summed E-state index contributed by atoms with van der Waals surface area (Å²) in [6.45, 7) is 7.19. The Kier molecular flexibility index (Phi) is 6.13. The Hall–Kier alpha value is -2.28. The summed E-state index contributed by atoms with van der Waals surface area (Å²) in [4.78, 5) is 33.1. The number of amides is 3. The third-order valence-electron chi connectivity index (χ3n) is 5.78. The van der Waals surface area contributed by atoms with E-state index in [2.05, 4.69) is 17.0 Å². The Morgan fingerprint density at radius 1 is 1.14 bits per heavy atom. The fourth-order valence-electron chi connectivity index (χ4n) is 4.40. The van der Waals surface area contributed by atoms with E-state index in [9.17, 15) is 9.59 Å². The molecule has 7 nitrogen and oxygen atoms in total. The molecule has 2 aliphatic heterocycles. The Bertz CT molecular complexity index is 706. The van der Waals surface area contributed by atoms with Crippen LogP contribution in [0.3, 0.4) is 0 Å². The summed E-state index contributed by atoms with van der Waals surface area (Å²) in [6.07, 6.45) is 0.511. The van der Waals surface area contributed by atoms with Crippen molar-refractivity contribution in [2.24, 2.45) is 5.41 Å². The summed E-state index contributed by atoms with van der Waals surface area (Å²) in [5, 5.41) is 0. The first-order valence-corrected chi connectivity index (χ1v) is 9.95. The molecule has 0 N–H and O–H groups in total. The van der Waals surface area contributed by atoms with Gasteiger partial charge in [0.15, 0.2) is 0 Å². The normalized spacial score (nSPS) is 23.2. The molecule has 2 heterocycles. The van der Waals surface area contributed by atoms with Crippen molar-refractivity contribution in [2.75, 3.05) is 60.5 Å². The van der Waals surface area contributed by atoms with E-state index in [-0.39, 0.29) is 17.4 Å². The highest BCUT2D eigenvalue weighted by Gasteiger charge is 2.46. The van der Waals surface area contributed by atoms with Gasteiger partial charge in [0.2, 0.25) is 5.91 Å². The van der Waals surface area contributed by atoms with Gasteiger partial charge in [-0.25, -0.2) is 4.79 Å². The molecule has 3 rings (SSSR count). The second kappa shape index (κ2) is 8.39. The van der Waals surface area contributed by atoms with Crippen LogP contribution in [0.2, 0.25) is 0 Å². The van der Waals surface area contributed by atoms with E-state index in [0.29, 0.717) is 19.5 Å². The molecule has 2 saturated heterocycles. The van der Waals surface area contributed by atoms with E-state index in [1.54, 1.807) is 26.1 Å². The van der Waals surface area contributed by atoms with Crippen molar-refractivity contribution >= 4 is 11.9 Å². The maximum Gasteiger partial charge on any atom is 0.319 e. The first kappa shape index (κ1) is 20.5. The zero-order valence-corrected chi connectivity index (χ0v) is 17.5. The zero-order chi connectivity index (χ0) is 20.3. The van der Waals surface area contributed by atoms with Gasteiger partial charge in [-0.3, -0.25) is 9.69 Å². The van der Waals surface area contributed by atoms with Crippen LogP contribution in [0.4, 0.5) is 4.79 Å². The van der Waals surface area contributed by atoms with E-state index >= 15 is 0 Å².